The maximum Gasteiger partial charge on any atom is 0.407 e. The van der Waals surface area contributed by atoms with Gasteiger partial charge in [-0.15, -0.1) is 0 Å². The molecule has 3 nitrogen and oxygen atoms in total. The lowest BCUT2D eigenvalue weighted by Gasteiger charge is -2.05. The van der Waals surface area contributed by atoms with Crippen molar-refractivity contribution in [3.63, 3.8) is 0 Å². The first-order valence-corrected chi connectivity index (χ1v) is 4.68. The van der Waals surface area contributed by atoms with Crippen molar-refractivity contribution in [2.45, 2.75) is 13.5 Å². The van der Waals surface area contributed by atoms with Gasteiger partial charge in [0.05, 0.1) is 6.61 Å². The Labute approximate surface area is 84.9 Å². The number of hydrogen-bond donors (Lipinski definition) is 1. The quantitative estimate of drug-likeness (QED) is 0.692. The molecular weight excluding hydrogens is 177 g/mol. The average molecular weight is 191 g/mol. The van der Waals surface area contributed by atoms with Crippen LogP contribution in [0, 0.1) is 0 Å². The SMILES string of the molecule is Bc1ccc(CNC(=O)OCC)cc1. The Hall–Kier alpha value is -1.45. The molecule has 74 valence electrons. The van der Waals surface area contributed by atoms with Crippen LogP contribution >= 0.6 is 0 Å². The lowest BCUT2D eigenvalue weighted by molar-refractivity contribution is 0.151. The molecule has 1 rings (SSSR count). The first-order valence-electron chi connectivity index (χ1n) is 4.68. The normalized spacial score (nSPS) is 9.50. The molecule has 0 radical (unpaired) electrons. The van der Waals surface area contributed by atoms with Gasteiger partial charge in [-0.05, 0) is 12.5 Å². The second-order valence-corrected chi connectivity index (χ2v) is 3.06. The van der Waals surface area contributed by atoms with Gasteiger partial charge in [-0.2, -0.15) is 0 Å². The lowest BCUT2D eigenvalue weighted by Crippen LogP contribution is -2.23. The molecule has 0 saturated heterocycles. The van der Waals surface area contributed by atoms with Gasteiger partial charge >= 0.3 is 6.09 Å². The standard InChI is InChI=1S/C10H14BNO2/c1-2-14-10(13)12-7-8-3-5-9(11)6-4-8/h3-6H,2,7,11H2,1H3,(H,12,13). The molecule has 0 spiro atoms. The van der Waals surface area contributed by atoms with Crippen LogP contribution in [-0.4, -0.2) is 20.5 Å². The van der Waals surface area contributed by atoms with Gasteiger partial charge in [0.15, 0.2) is 0 Å². The number of nitrogens with one attached hydrogen (secondary N) is 1. The Morgan fingerprint density at radius 1 is 1.43 bits per heavy atom. The van der Waals surface area contributed by atoms with Crippen LogP contribution in [0.3, 0.4) is 0 Å². The minimum atomic E-state index is -0.368. The molecule has 1 aromatic rings. The molecule has 4 heteroatoms. The van der Waals surface area contributed by atoms with E-state index < -0.39 is 0 Å². The Bertz CT molecular complexity index is 297. The van der Waals surface area contributed by atoms with Gasteiger partial charge in [-0.3, -0.25) is 0 Å². The molecular formula is C10H14BNO2. The highest BCUT2D eigenvalue weighted by Gasteiger charge is 1.99. The van der Waals surface area contributed by atoms with E-state index in [0.29, 0.717) is 13.2 Å². The molecule has 1 aromatic carbocycles. The van der Waals surface area contributed by atoms with Gasteiger partial charge in [-0.1, -0.05) is 29.7 Å². The van der Waals surface area contributed by atoms with Crippen molar-refractivity contribution >= 4 is 19.4 Å². The van der Waals surface area contributed by atoms with Crippen molar-refractivity contribution in [2.75, 3.05) is 6.61 Å². The number of rotatable bonds is 3. The summed E-state index contributed by atoms with van der Waals surface area (Å²) in [4.78, 5) is 10.9. The summed E-state index contributed by atoms with van der Waals surface area (Å²) in [6, 6.07) is 8.01. The summed E-state index contributed by atoms with van der Waals surface area (Å²) >= 11 is 0. The highest BCUT2D eigenvalue weighted by Crippen LogP contribution is 1.95. The third kappa shape index (κ3) is 3.52. The van der Waals surface area contributed by atoms with E-state index in [1.54, 1.807) is 6.92 Å². The molecule has 0 aliphatic rings. The fourth-order valence-corrected chi connectivity index (χ4v) is 1.06. The van der Waals surface area contributed by atoms with Crippen LogP contribution in [0.1, 0.15) is 12.5 Å². The van der Waals surface area contributed by atoms with Gasteiger partial charge in [0, 0.05) is 6.54 Å². The molecule has 0 fully saturated rings. The summed E-state index contributed by atoms with van der Waals surface area (Å²) in [6.07, 6.45) is -0.368. The van der Waals surface area contributed by atoms with Crippen molar-refractivity contribution in [2.24, 2.45) is 0 Å². The van der Waals surface area contributed by atoms with Crippen molar-refractivity contribution in [3.8, 4) is 0 Å². The van der Waals surface area contributed by atoms with E-state index in [1.807, 2.05) is 32.1 Å². The number of hydrogen-bond acceptors (Lipinski definition) is 2. The van der Waals surface area contributed by atoms with Gasteiger partial charge in [0.25, 0.3) is 0 Å². The number of ether oxygens (including phenoxy) is 1. The van der Waals surface area contributed by atoms with Crippen molar-refractivity contribution < 1.29 is 9.53 Å². The Morgan fingerprint density at radius 3 is 2.64 bits per heavy atom. The Balaban J connectivity index is 2.38. The summed E-state index contributed by atoms with van der Waals surface area (Å²) in [5.41, 5.74) is 2.29. The van der Waals surface area contributed by atoms with Crippen LogP contribution in [0.25, 0.3) is 0 Å². The summed E-state index contributed by atoms with van der Waals surface area (Å²) in [5, 5.41) is 2.66. The number of carbonyl (C=O) groups is 1. The van der Waals surface area contributed by atoms with E-state index in [2.05, 4.69) is 5.32 Å². The van der Waals surface area contributed by atoms with Crippen LogP contribution in [0.5, 0.6) is 0 Å². The molecule has 14 heavy (non-hydrogen) atoms. The molecule has 0 heterocycles. The molecule has 0 atom stereocenters. The predicted octanol–water partition coefficient (Wildman–Crippen LogP) is 0.191. The number of carbonyl (C=O) groups excluding carboxylic acids is 1. The van der Waals surface area contributed by atoms with E-state index in [0.717, 1.165) is 5.56 Å². The Kier molecular flexibility index (Phi) is 4.04. The van der Waals surface area contributed by atoms with Crippen LogP contribution in [0.15, 0.2) is 24.3 Å². The fraction of sp³-hybridized carbons (Fsp3) is 0.300. The van der Waals surface area contributed by atoms with Gasteiger partial charge in [0.1, 0.15) is 7.85 Å². The van der Waals surface area contributed by atoms with Gasteiger partial charge < -0.3 is 10.1 Å². The molecule has 0 aliphatic heterocycles. The zero-order valence-electron chi connectivity index (χ0n) is 8.54. The highest BCUT2D eigenvalue weighted by molar-refractivity contribution is 6.32. The second kappa shape index (κ2) is 5.32. The summed E-state index contributed by atoms with van der Waals surface area (Å²) in [6.45, 7) is 2.70. The topological polar surface area (TPSA) is 38.3 Å². The molecule has 0 aromatic heterocycles. The van der Waals surface area contributed by atoms with Crippen molar-refractivity contribution in [3.05, 3.63) is 29.8 Å². The average Bonchev–Trinajstić information content (AvgIpc) is 2.17. The molecule has 0 unspecified atom stereocenters. The third-order valence-corrected chi connectivity index (χ3v) is 1.83. The summed E-state index contributed by atoms with van der Waals surface area (Å²) in [5.74, 6) is 0. The smallest absolute Gasteiger partial charge is 0.407 e. The van der Waals surface area contributed by atoms with Crippen LogP contribution in [-0.2, 0) is 11.3 Å². The Morgan fingerprint density at radius 2 is 2.07 bits per heavy atom. The largest absolute Gasteiger partial charge is 0.450 e. The monoisotopic (exact) mass is 191 g/mol. The van der Waals surface area contributed by atoms with E-state index >= 15 is 0 Å². The van der Waals surface area contributed by atoms with Gasteiger partial charge in [0.2, 0.25) is 0 Å². The number of alkyl carbamates (subject to hydrolysis) is 1. The first kappa shape index (κ1) is 10.6. The summed E-state index contributed by atoms with van der Waals surface area (Å²) in [7, 11) is 2.03. The molecule has 1 amide bonds. The zero-order chi connectivity index (χ0) is 10.4. The third-order valence-electron chi connectivity index (χ3n) is 1.83. The lowest BCUT2D eigenvalue weighted by atomic mass is 9.95. The minimum absolute atomic E-state index is 0.368. The van der Waals surface area contributed by atoms with Crippen LogP contribution < -0.4 is 10.8 Å². The first-order chi connectivity index (χ1) is 6.72. The van der Waals surface area contributed by atoms with Crippen LogP contribution in [0.4, 0.5) is 4.79 Å². The second-order valence-electron chi connectivity index (χ2n) is 3.06. The molecule has 1 N–H and O–H groups in total. The predicted molar refractivity (Wildman–Crippen MR) is 58.5 cm³/mol. The fourth-order valence-electron chi connectivity index (χ4n) is 1.06. The summed E-state index contributed by atoms with van der Waals surface area (Å²) < 4.78 is 4.74. The maximum atomic E-state index is 10.9. The van der Waals surface area contributed by atoms with E-state index in [-0.39, 0.29) is 6.09 Å². The minimum Gasteiger partial charge on any atom is -0.450 e. The van der Waals surface area contributed by atoms with E-state index in [4.69, 9.17) is 4.74 Å². The van der Waals surface area contributed by atoms with Gasteiger partial charge in [-0.25, -0.2) is 4.79 Å². The highest BCUT2D eigenvalue weighted by atomic mass is 16.5. The van der Waals surface area contributed by atoms with E-state index in [1.165, 1.54) is 5.46 Å². The number of amides is 1. The zero-order valence-corrected chi connectivity index (χ0v) is 8.54. The van der Waals surface area contributed by atoms with Crippen molar-refractivity contribution in [1.82, 2.24) is 5.32 Å². The van der Waals surface area contributed by atoms with Crippen LogP contribution in [0.2, 0.25) is 0 Å². The molecule has 0 saturated carbocycles. The number of benzene rings is 1. The molecule has 0 bridgehead atoms. The van der Waals surface area contributed by atoms with E-state index in [9.17, 15) is 4.79 Å². The van der Waals surface area contributed by atoms with Crippen molar-refractivity contribution in [1.29, 1.82) is 0 Å². The molecule has 0 aliphatic carbocycles. The maximum absolute atomic E-state index is 10.9.